The summed E-state index contributed by atoms with van der Waals surface area (Å²) < 4.78 is 11.7. The van der Waals surface area contributed by atoms with Gasteiger partial charge in [0.1, 0.15) is 6.23 Å². The van der Waals surface area contributed by atoms with Gasteiger partial charge in [0.15, 0.2) is 0 Å². The summed E-state index contributed by atoms with van der Waals surface area (Å²) in [5.41, 5.74) is -0.690. The van der Waals surface area contributed by atoms with Crippen LogP contribution in [0.15, 0.2) is 15.8 Å². The van der Waals surface area contributed by atoms with Gasteiger partial charge in [-0.25, -0.2) is 4.79 Å². The van der Waals surface area contributed by atoms with E-state index in [1.165, 1.54) is 10.8 Å². The van der Waals surface area contributed by atoms with Crippen molar-refractivity contribution in [3.8, 4) is 0 Å². The summed E-state index contributed by atoms with van der Waals surface area (Å²) in [6.07, 6.45) is 0.501. The van der Waals surface area contributed by atoms with E-state index < -0.39 is 23.4 Å². The predicted molar refractivity (Wildman–Crippen MR) is 77.1 cm³/mol. The van der Waals surface area contributed by atoms with Crippen molar-refractivity contribution in [2.24, 2.45) is 5.92 Å². The average molecular weight is 298 g/mol. The largest absolute Gasteiger partial charge is 0.465 e. The molecule has 0 spiro atoms. The first-order chi connectivity index (χ1) is 9.85. The van der Waals surface area contributed by atoms with Gasteiger partial charge in [-0.1, -0.05) is 13.8 Å². The molecule has 0 bridgehead atoms. The molecule has 0 aromatic carbocycles. The fourth-order valence-corrected chi connectivity index (χ4v) is 1.69. The molecule has 1 N–H and O–H groups in total. The highest BCUT2D eigenvalue weighted by Crippen LogP contribution is 2.12. The van der Waals surface area contributed by atoms with Gasteiger partial charge >= 0.3 is 11.7 Å². The molecular formula is C14H22N2O5. The van der Waals surface area contributed by atoms with Crippen molar-refractivity contribution in [3.63, 3.8) is 0 Å². The summed E-state index contributed by atoms with van der Waals surface area (Å²) in [6.45, 7) is 7.85. The van der Waals surface area contributed by atoms with E-state index in [9.17, 15) is 14.4 Å². The van der Waals surface area contributed by atoms with Gasteiger partial charge in [0, 0.05) is 18.4 Å². The number of carbonyl (C=O) groups is 1. The fourth-order valence-electron chi connectivity index (χ4n) is 1.69. The van der Waals surface area contributed by atoms with E-state index in [1.54, 1.807) is 13.8 Å². The molecule has 0 amide bonds. The Hall–Kier alpha value is -1.89. The summed E-state index contributed by atoms with van der Waals surface area (Å²) >= 11 is 0. The van der Waals surface area contributed by atoms with Gasteiger partial charge in [0.05, 0.1) is 13.0 Å². The molecule has 0 saturated heterocycles. The van der Waals surface area contributed by atoms with E-state index in [2.05, 4.69) is 4.98 Å². The molecule has 1 aromatic heterocycles. The van der Waals surface area contributed by atoms with Crippen LogP contribution in [-0.4, -0.2) is 28.7 Å². The standard InChI is InChI=1S/C14H22N2O5/c1-5-20-11(6-12(17)21-8-9(2)3)16-7-10(4)13(18)15-14(16)19/h7,9,11H,5-6,8H2,1-4H3,(H,15,18,19). The number of aryl methyl sites for hydroxylation is 1. The van der Waals surface area contributed by atoms with Crippen molar-refractivity contribution in [2.75, 3.05) is 13.2 Å². The number of nitrogens with one attached hydrogen (secondary N) is 1. The van der Waals surface area contributed by atoms with E-state index in [0.29, 0.717) is 18.8 Å². The van der Waals surface area contributed by atoms with Crippen LogP contribution < -0.4 is 11.2 Å². The molecular weight excluding hydrogens is 276 g/mol. The minimum Gasteiger partial charge on any atom is -0.465 e. The van der Waals surface area contributed by atoms with Gasteiger partial charge in [-0.05, 0) is 19.8 Å². The van der Waals surface area contributed by atoms with Crippen LogP contribution in [0.4, 0.5) is 0 Å². The Kier molecular flexibility index (Phi) is 6.36. The molecule has 0 aliphatic rings. The van der Waals surface area contributed by atoms with Gasteiger partial charge in [-0.15, -0.1) is 0 Å². The molecule has 0 saturated carbocycles. The third-order valence-electron chi connectivity index (χ3n) is 2.73. The lowest BCUT2D eigenvalue weighted by molar-refractivity contribution is -0.150. The maximum Gasteiger partial charge on any atom is 0.330 e. The van der Waals surface area contributed by atoms with Crippen molar-refractivity contribution < 1.29 is 14.3 Å². The molecule has 1 heterocycles. The summed E-state index contributed by atoms with van der Waals surface area (Å²) in [5, 5.41) is 0. The molecule has 1 rings (SSSR count). The number of esters is 1. The second-order valence-corrected chi connectivity index (χ2v) is 5.17. The van der Waals surface area contributed by atoms with Gasteiger partial charge in [-0.2, -0.15) is 0 Å². The maximum atomic E-state index is 11.8. The first kappa shape index (κ1) is 17.2. The Morgan fingerprint density at radius 1 is 1.38 bits per heavy atom. The number of aromatic nitrogens is 2. The third kappa shape index (κ3) is 5.18. The Bertz CT molecular complexity index is 588. The molecule has 0 aliphatic heterocycles. The highest BCUT2D eigenvalue weighted by atomic mass is 16.5. The number of H-pyrrole nitrogens is 1. The predicted octanol–water partition coefficient (Wildman–Crippen LogP) is 0.969. The Labute approximate surface area is 122 Å². The quantitative estimate of drug-likeness (QED) is 0.757. The van der Waals surface area contributed by atoms with E-state index in [-0.39, 0.29) is 12.3 Å². The Morgan fingerprint density at radius 3 is 2.62 bits per heavy atom. The average Bonchev–Trinajstić information content (AvgIpc) is 2.40. The molecule has 1 aromatic rings. The lowest BCUT2D eigenvalue weighted by Gasteiger charge is -2.19. The number of rotatable bonds is 7. The van der Waals surface area contributed by atoms with Crippen LogP contribution in [0.5, 0.6) is 0 Å². The van der Waals surface area contributed by atoms with E-state index in [4.69, 9.17) is 9.47 Å². The third-order valence-corrected chi connectivity index (χ3v) is 2.73. The molecule has 21 heavy (non-hydrogen) atoms. The molecule has 1 unspecified atom stereocenters. The number of hydrogen-bond donors (Lipinski definition) is 1. The zero-order valence-corrected chi connectivity index (χ0v) is 12.8. The zero-order valence-electron chi connectivity index (χ0n) is 12.8. The Morgan fingerprint density at radius 2 is 2.05 bits per heavy atom. The number of ether oxygens (including phenoxy) is 2. The number of carbonyl (C=O) groups excluding carboxylic acids is 1. The van der Waals surface area contributed by atoms with Crippen molar-refractivity contribution in [3.05, 3.63) is 32.6 Å². The smallest absolute Gasteiger partial charge is 0.330 e. The van der Waals surface area contributed by atoms with Crippen LogP contribution >= 0.6 is 0 Å². The number of nitrogens with zero attached hydrogens (tertiary/aromatic N) is 1. The number of hydrogen-bond acceptors (Lipinski definition) is 5. The highest BCUT2D eigenvalue weighted by molar-refractivity contribution is 5.69. The minimum atomic E-state index is -0.794. The summed E-state index contributed by atoms with van der Waals surface area (Å²) in [4.78, 5) is 37.2. The lowest BCUT2D eigenvalue weighted by atomic mass is 10.2. The van der Waals surface area contributed by atoms with E-state index in [1.807, 2.05) is 13.8 Å². The number of aromatic amines is 1. The van der Waals surface area contributed by atoms with E-state index >= 15 is 0 Å². The van der Waals surface area contributed by atoms with Crippen LogP contribution in [0.1, 0.15) is 39.0 Å². The summed E-state index contributed by atoms with van der Waals surface area (Å²) in [6, 6.07) is 0. The molecule has 7 heteroatoms. The SMILES string of the molecule is CCOC(CC(=O)OCC(C)C)n1cc(C)c(=O)[nH]c1=O. The van der Waals surface area contributed by atoms with Crippen LogP contribution in [0.2, 0.25) is 0 Å². The van der Waals surface area contributed by atoms with Gasteiger partial charge < -0.3 is 9.47 Å². The highest BCUT2D eigenvalue weighted by Gasteiger charge is 2.19. The van der Waals surface area contributed by atoms with Crippen molar-refractivity contribution >= 4 is 5.97 Å². The van der Waals surface area contributed by atoms with Gasteiger partial charge in [0.25, 0.3) is 5.56 Å². The molecule has 1 atom stereocenters. The zero-order chi connectivity index (χ0) is 16.0. The van der Waals surface area contributed by atoms with Crippen molar-refractivity contribution in [1.82, 2.24) is 9.55 Å². The first-order valence-corrected chi connectivity index (χ1v) is 6.94. The lowest BCUT2D eigenvalue weighted by Crippen LogP contribution is -2.35. The molecule has 7 nitrogen and oxygen atoms in total. The fraction of sp³-hybridized carbons (Fsp3) is 0.643. The minimum absolute atomic E-state index is 0.0913. The first-order valence-electron chi connectivity index (χ1n) is 6.94. The van der Waals surface area contributed by atoms with Crippen molar-refractivity contribution in [1.29, 1.82) is 0 Å². The second-order valence-electron chi connectivity index (χ2n) is 5.17. The second kappa shape index (κ2) is 7.78. The molecule has 0 aliphatic carbocycles. The molecule has 0 fully saturated rings. The summed E-state index contributed by atoms with van der Waals surface area (Å²) in [5.74, 6) is -0.213. The van der Waals surface area contributed by atoms with Gasteiger partial charge in [-0.3, -0.25) is 19.1 Å². The maximum absolute atomic E-state index is 11.8. The normalized spacial score (nSPS) is 12.4. The summed E-state index contributed by atoms with van der Waals surface area (Å²) in [7, 11) is 0. The Balaban J connectivity index is 2.92. The van der Waals surface area contributed by atoms with Crippen LogP contribution in [0.3, 0.4) is 0 Å². The van der Waals surface area contributed by atoms with Gasteiger partial charge in [0.2, 0.25) is 0 Å². The van der Waals surface area contributed by atoms with Crippen LogP contribution in [0.25, 0.3) is 0 Å². The molecule has 118 valence electrons. The van der Waals surface area contributed by atoms with Crippen LogP contribution in [-0.2, 0) is 14.3 Å². The monoisotopic (exact) mass is 298 g/mol. The van der Waals surface area contributed by atoms with Crippen molar-refractivity contribution in [2.45, 2.75) is 40.3 Å². The molecule has 0 radical (unpaired) electrons. The van der Waals surface area contributed by atoms with Crippen LogP contribution in [0, 0.1) is 12.8 Å². The van der Waals surface area contributed by atoms with E-state index in [0.717, 1.165) is 0 Å². The topological polar surface area (TPSA) is 90.4 Å².